The first kappa shape index (κ1) is 10.4. The van der Waals surface area contributed by atoms with Crippen LogP contribution in [0.4, 0.5) is 0 Å². The van der Waals surface area contributed by atoms with E-state index in [-0.39, 0.29) is 0 Å². The van der Waals surface area contributed by atoms with E-state index in [1.807, 2.05) is 30.3 Å². The summed E-state index contributed by atoms with van der Waals surface area (Å²) in [6, 6.07) is 11.1. The second kappa shape index (κ2) is 4.14. The zero-order valence-corrected chi connectivity index (χ0v) is 8.84. The van der Waals surface area contributed by atoms with Crippen molar-refractivity contribution in [1.82, 2.24) is 4.98 Å². The van der Waals surface area contributed by atoms with E-state index in [0.29, 0.717) is 11.1 Å². The monoisotopic (exact) mass is 213 g/mol. The van der Waals surface area contributed by atoms with Gasteiger partial charge in [-0.2, -0.15) is 0 Å². The molecular weight excluding hydrogens is 202 g/mol. The Kier molecular flexibility index (Phi) is 2.68. The number of benzene rings is 1. The molecule has 1 aromatic heterocycles. The fraction of sp³-hybridized carbons (Fsp3) is 0.0769. The molecule has 0 bridgehead atoms. The maximum Gasteiger partial charge on any atom is 0.336 e. The fourth-order valence-electron chi connectivity index (χ4n) is 1.65. The van der Waals surface area contributed by atoms with Crippen LogP contribution in [0.3, 0.4) is 0 Å². The van der Waals surface area contributed by atoms with E-state index >= 15 is 0 Å². The molecule has 0 aliphatic rings. The van der Waals surface area contributed by atoms with Crippen molar-refractivity contribution >= 4 is 5.97 Å². The minimum Gasteiger partial charge on any atom is -0.478 e. The van der Waals surface area contributed by atoms with Gasteiger partial charge in [0.25, 0.3) is 0 Å². The molecule has 1 aromatic carbocycles. The highest BCUT2D eigenvalue weighted by molar-refractivity contribution is 5.91. The molecule has 2 aromatic rings. The van der Waals surface area contributed by atoms with E-state index in [4.69, 9.17) is 5.11 Å². The molecule has 3 heteroatoms. The standard InChI is InChI=1S/C13H11NO2/c1-9-11(13(15)16)7-8-14-12(9)10-5-3-2-4-6-10/h2-8H,1H3,(H,15,16). The molecule has 0 aliphatic heterocycles. The van der Waals surface area contributed by atoms with Gasteiger partial charge in [0, 0.05) is 11.8 Å². The van der Waals surface area contributed by atoms with Gasteiger partial charge in [0.15, 0.2) is 0 Å². The second-order valence-corrected chi connectivity index (χ2v) is 3.50. The lowest BCUT2D eigenvalue weighted by Gasteiger charge is -2.07. The average Bonchev–Trinajstić information content (AvgIpc) is 2.30. The summed E-state index contributed by atoms with van der Waals surface area (Å²) in [6.45, 7) is 1.78. The van der Waals surface area contributed by atoms with E-state index < -0.39 is 5.97 Å². The van der Waals surface area contributed by atoms with Gasteiger partial charge in [-0.3, -0.25) is 4.98 Å². The Balaban J connectivity index is 2.59. The molecule has 0 spiro atoms. The number of aromatic nitrogens is 1. The summed E-state index contributed by atoms with van der Waals surface area (Å²) in [4.78, 5) is 15.2. The minimum absolute atomic E-state index is 0.300. The van der Waals surface area contributed by atoms with Crippen LogP contribution < -0.4 is 0 Å². The summed E-state index contributed by atoms with van der Waals surface area (Å²) in [6.07, 6.45) is 1.53. The van der Waals surface area contributed by atoms with Crippen LogP contribution in [0.5, 0.6) is 0 Å². The molecule has 2 rings (SSSR count). The zero-order valence-electron chi connectivity index (χ0n) is 8.84. The van der Waals surface area contributed by atoms with Gasteiger partial charge in [-0.25, -0.2) is 4.79 Å². The fourth-order valence-corrected chi connectivity index (χ4v) is 1.65. The number of nitrogens with zero attached hydrogens (tertiary/aromatic N) is 1. The highest BCUT2D eigenvalue weighted by Crippen LogP contribution is 2.22. The zero-order chi connectivity index (χ0) is 11.5. The Morgan fingerprint density at radius 2 is 1.88 bits per heavy atom. The summed E-state index contributed by atoms with van der Waals surface area (Å²) in [5.74, 6) is -0.919. The lowest BCUT2D eigenvalue weighted by atomic mass is 10.0. The number of hydrogen-bond acceptors (Lipinski definition) is 2. The van der Waals surface area contributed by atoms with Gasteiger partial charge in [0.2, 0.25) is 0 Å². The molecule has 1 heterocycles. The number of carboxylic acids is 1. The molecule has 0 radical (unpaired) electrons. The van der Waals surface area contributed by atoms with Gasteiger partial charge in [0.1, 0.15) is 0 Å². The van der Waals surface area contributed by atoms with Crippen LogP contribution in [0.25, 0.3) is 11.3 Å². The molecule has 1 N–H and O–H groups in total. The summed E-state index contributed by atoms with van der Waals surface area (Å²) >= 11 is 0. The second-order valence-electron chi connectivity index (χ2n) is 3.50. The van der Waals surface area contributed by atoms with Crippen molar-refractivity contribution in [3.05, 3.63) is 53.7 Å². The number of carbonyl (C=O) groups is 1. The van der Waals surface area contributed by atoms with Crippen LogP contribution in [0, 0.1) is 6.92 Å². The van der Waals surface area contributed by atoms with Crippen LogP contribution in [0.2, 0.25) is 0 Å². The minimum atomic E-state index is -0.919. The van der Waals surface area contributed by atoms with Crippen molar-refractivity contribution in [3.8, 4) is 11.3 Å². The molecule has 0 unspecified atom stereocenters. The van der Waals surface area contributed by atoms with E-state index in [0.717, 1.165) is 11.3 Å². The third kappa shape index (κ3) is 1.80. The molecule has 0 saturated carbocycles. The van der Waals surface area contributed by atoms with Crippen molar-refractivity contribution in [2.75, 3.05) is 0 Å². The van der Waals surface area contributed by atoms with Gasteiger partial charge >= 0.3 is 5.97 Å². The van der Waals surface area contributed by atoms with E-state index in [2.05, 4.69) is 4.98 Å². The normalized spacial score (nSPS) is 10.1. The summed E-state index contributed by atoms with van der Waals surface area (Å²) in [7, 11) is 0. The number of aromatic carboxylic acids is 1. The quantitative estimate of drug-likeness (QED) is 0.834. The highest BCUT2D eigenvalue weighted by atomic mass is 16.4. The summed E-state index contributed by atoms with van der Waals surface area (Å²) < 4.78 is 0. The van der Waals surface area contributed by atoms with Gasteiger partial charge in [-0.1, -0.05) is 30.3 Å². The first-order chi connectivity index (χ1) is 7.70. The largest absolute Gasteiger partial charge is 0.478 e. The van der Waals surface area contributed by atoms with Gasteiger partial charge < -0.3 is 5.11 Å². The number of rotatable bonds is 2. The van der Waals surface area contributed by atoms with Gasteiger partial charge in [-0.05, 0) is 18.6 Å². The predicted molar refractivity (Wildman–Crippen MR) is 61.4 cm³/mol. The molecule has 0 amide bonds. The number of carboxylic acid groups (broad SMARTS) is 1. The molecule has 80 valence electrons. The molecule has 0 aliphatic carbocycles. The molecule has 0 saturated heterocycles. The molecule has 0 atom stereocenters. The van der Waals surface area contributed by atoms with E-state index in [1.165, 1.54) is 12.3 Å². The maximum absolute atomic E-state index is 11.0. The Hall–Kier alpha value is -2.16. The lowest BCUT2D eigenvalue weighted by Crippen LogP contribution is -2.02. The van der Waals surface area contributed by atoms with Crippen LogP contribution in [0.15, 0.2) is 42.6 Å². The van der Waals surface area contributed by atoms with Crippen molar-refractivity contribution in [1.29, 1.82) is 0 Å². The first-order valence-corrected chi connectivity index (χ1v) is 4.94. The van der Waals surface area contributed by atoms with Crippen LogP contribution in [-0.2, 0) is 0 Å². The van der Waals surface area contributed by atoms with Crippen molar-refractivity contribution in [3.63, 3.8) is 0 Å². The van der Waals surface area contributed by atoms with Crippen LogP contribution in [0.1, 0.15) is 15.9 Å². The number of pyridine rings is 1. The Morgan fingerprint density at radius 3 is 2.50 bits per heavy atom. The van der Waals surface area contributed by atoms with Gasteiger partial charge in [0.05, 0.1) is 11.3 Å². The topological polar surface area (TPSA) is 50.2 Å². The lowest BCUT2D eigenvalue weighted by molar-refractivity contribution is 0.0696. The first-order valence-electron chi connectivity index (χ1n) is 4.94. The highest BCUT2D eigenvalue weighted by Gasteiger charge is 2.11. The molecule has 16 heavy (non-hydrogen) atoms. The van der Waals surface area contributed by atoms with E-state index in [1.54, 1.807) is 6.92 Å². The SMILES string of the molecule is Cc1c(C(=O)O)ccnc1-c1ccccc1. The molecular formula is C13H11NO2. The summed E-state index contributed by atoms with van der Waals surface area (Å²) in [5, 5.41) is 9.01. The van der Waals surface area contributed by atoms with E-state index in [9.17, 15) is 4.79 Å². The van der Waals surface area contributed by atoms with Crippen molar-refractivity contribution in [2.45, 2.75) is 6.92 Å². The molecule has 3 nitrogen and oxygen atoms in total. The average molecular weight is 213 g/mol. The summed E-state index contributed by atoms with van der Waals surface area (Å²) in [5.41, 5.74) is 2.65. The Labute approximate surface area is 93.4 Å². The Bertz CT molecular complexity index is 521. The Morgan fingerprint density at radius 1 is 1.19 bits per heavy atom. The van der Waals surface area contributed by atoms with Crippen LogP contribution >= 0.6 is 0 Å². The molecule has 0 fully saturated rings. The van der Waals surface area contributed by atoms with Crippen molar-refractivity contribution in [2.24, 2.45) is 0 Å². The van der Waals surface area contributed by atoms with Gasteiger partial charge in [-0.15, -0.1) is 0 Å². The third-order valence-corrected chi connectivity index (χ3v) is 2.48. The smallest absolute Gasteiger partial charge is 0.336 e. The third-order valence-electron chi connectivity index (χ3n) is 2.48. The predicted octanol–water partition coefficient (Wildman–Crippen LogP) is 2.76. The maximum atomic E-state index is 11.0. The van der Waals surface area contributed by atoms with Crippen LogP contribution in [-0.4, -0.2) is 16.1 Å². The number of hydrogen-bond donors (Lipinski definition) is 1. The van der Waals surface area contributed by atoms with Crippen molar-refractivity contribution < 1.29 is 9.90 Å².